The van der Waals surface area contributed by atoms with Gasteiger partial charge in [0.15, 0.2) is 16.7 Å². The molecule has 19 rings (SSSR count). The van der Waals surface area contributed by atoms with Crippen molar-refractivity contribution in [2.75, 3.05) is 127 Å². The number of aryl methyl sites for hydroxylation is 9. The third-order valence-electron chi connectivity index (χ3n) is 27.1. The number of aromatic hydroxyl groups is 3. The van der Waals surface area contributed by atoms with E-state index < -0.39 is 103 Å². The maximum absolute atomic E-state index is 12.2. The van der Waals surface area contributed by atoms with Crippen LogP contribution in [0.1, 0.15) is 180 Å². The highest BCUT2D eigenvalue weighted by Gasteiger charge is 2.33. The van der Waals surface area contributed by atoms with Gasteiger partial charge in [-0.25, -0.2) is 28.8 Å². The number of carboxylic acids is 6. The first kappa shape index (κ1) is 101. The minimum Gasteiger partial charge on any atom is -0.506 e. The van der Waals surface area contributed by atoms with Crippen molar-refractivity contribution in [2.45, 2.75) is 134 Å². The fourth-order valence-corrected chi connectivity index (χ4v) is 19.5. The highest BCUT2D eigenvalue weighted by Crippen LogP contribution is 2.44. The van der Waals surface area contributed by atoms with Crippen LogP contribution in [-0.2, 0) is 77.0 Å². The molecule has 6 aliphatic carbocycles. The molecule has 6 aromatic carbocycles. The van der Waals surface area contributed by atoms with E-state index in [-0.39, 0.29) is 16.7 Å². The van der Waals surface area contributed by atoms with E-state index in [0.717, 1.165) is 235 Å². The molecule has 0 amide bonds. The number of aromatic carboxylic acids is 6. The number of carboxylic acid groups (broad SMARTS) is 6. The maximum Gasteiger partial charge on any atom is 0.345 e. The highest BCUT2D eigenvalue weighted by atomic mass is 16.4. The lowest BCUT2D eigenvalue weighted by Crippen LogP contribution is -2.31. The summed E-state index contributed by atoms with van der Waals surface area (Å²) < 4.78 is 0. The molecule has 1 fully saturated rings. The smallest absolute Gasteiger partial charge is 0.345 e. The molecular weight excluding hydrogens is 1800 g/mol. The Morgan fingerprint density at radius 2 is 0.518 bits per heavy atom. The van der Waals surface area contributed by atoms with Crippen LogP contribution in [0.15, 0.2) is 156 Å². The normalized spacial score (nSPS) is 14.2. The number of fused-ring (bicyclic) bond motifs is 18. The molecule has 1 atom stereocenters. The number of nitrogens with zero attached hydrogens (tertiary/aromatic N) is 7. The van der Waals surface area contributed by atoms with Crippen LogP contribution in [0.25, 0.3) is 67.5 Å². The molecule has 6 aromatic heterocycles. The van der Waals surface area contributed by atoms with E-state index in [1.54, 1.807) is 0 Å². The number of nitrogens with one attached hydrogen (secondary N) is 6. The first-order chi connectivity index (χ1) is 67.1. The maximum atomic E-state index is 12.2. The Labute approximate surface area is 811 Å². The standard InChI is InChI=1S/C21H25N3O4.C18H20N2O4.C18H20N2O3.C17H18N2O4.C17H18N2O3.C16H16N2O3/c1-23(2)14-8-9-24(11-14)13-6-7-15-12(10-13)4-3-5-16-18(15)22-20(26)17(19(16)25)21(27)28;1-20(2)11-7-8-12-10(9-11)5-3-4-6-13-15(12)19-17(22)14(16(13)21)18(23)24;1-20(2)13-7-8-14-11(9-13)5-3-4-6-12-10-15(18(22)23)17(21)19-16(12)14;1-19(2)10-6-7-11-9(8-10)4-3-5-12-14(11)18-16(21)13(15(12)20)17(22)23;1-19(2)12-6-7-13-10(8-12)4-3-5-11-9-14(17(21)22)16(20)18-15(11)13;1-18(2)11-5-6-12-9(7-11)3-4-10-8-13(16(20)21)15(19)17-14(10)12/h6-7,10,14H,3-5,8-9,11H2,1-2H3,(H,27,28)(H2,22,25,26);7-9H,3-6H2,1-2H3,(H,23,24)(H2,19,21,22);7-10H,3-6H2,1-2H3,(H,19,21)(H,22,23);6-8H,3-5H2,1-2H3,(H,22,23)(H2,18,20,21);6-9H,3-5H2,1-2H3,(H,18,20)(H,21,22);5-8H,3-4H2,1-2H3,(H,17,19)(H,20,21). The molecule has 0 spiro atoms. The Bertz CT molecular complexity index is 7360. The Balaban J connectivity index is 0.000000135. The molecule has 736 valence electrons. The zero-order valence-corrected chi connectivity index (χ0v) is 80.8. The van der Waals surface area contributed by atoms with Gasteiger partial charge in [-0.2, -0.15) is 0 Å². The average Bonchev–Trinajstić information content (AvgIpc) is 1.67. The molecule has 141 heavy (non-hydrogen) atoms. The van der Waals surface area contributed by atoms with Gasteiger partial charge >= 0.3 is 35.8 Å². The van der Waals surface area contributed by atoms with Crippen molar-refractivity contribution in [3.8, 4) is 84.8 Å². The summed E-state index contributed by atoms with van der Waals surface area (Å²) in [5.41, 5.74) is 20.8. The van der Waals surface area contributed by atoms with Crippen LogP contribution in [0, 0.1) is 0 Å². The second kappa shape index (κ2) is 42.5. The van der Waals surface area contributed by atoms with Crippen LogP contribution in [0.2, 0.25) is 0 Å². The van der Waals surface area contributed by atoms with E-state index in [0.29, 0.717) is 59.1 Å². The van der Waals surface area contributed by atoms with Gasteiger partial charge in [0, 0.05) is 174 Å². The van der Waals surface area contributed by atoms with E-state index in [4.69, 9.17) is 20.4 Å². The monoisotopic (exact) mass is 1920 g/mol. The van der Waals surface area contributed by atoms with E-state index in [1.165, 1.54) is 40.6 Å². The molecule has 1 saturated heterocycles. The Morgan fingerprint density at radius 3 is 0.816 bits per heavy atom. The number of aromatic amines is 6. The topological polar surface area (TPSA) is 504 Å². The van der Waals surface area contributed by atoms with Crippen molar-refractivity contribution in [3.05, 3.63) is 290 Å². The first-order valence-electron chi connectivity index (χ1n) is 46.8. The molecule has 15 N–H and O–H groups in total. The largest absolute Gasteiger partial charge is 0.506 e. The average molecular weight is 1920 g/mol. The van der Waals surface area contributed by atoms with E-state index in [2.05, 4.69) is 95.1 Å². The van der Waals surface area contributed by atoms with Crippen LogP contribution in [-0.4, -0.2) is 220 Å². The summed E-state index contributed by atoms with van der Waals surface area (Å²) in [5.74, 6) is -9.03. The van der Waals surface area contributed by atoms with Gasteiger partial charge < -0.3 is 110 Å². The van der Waals surface area contributed by atoms with Crippen molar-refractivity contribution in [2.24, 2.45) is 0 Å². The van der Waals surface area contributed by atoms with Crippen molar-refractivity contribution in [3.63, 3.8) is 0 Å². The summed E-state index contributed by atoms with van der Waals surface area (Å²) in [4.78, 5) is 171. The third kappa shape index (κ3) is 21.6. The summed E-state index contributed by atoms with van der Waals surface area (Å²) in [6, 6.07) is 41.6. The zero-order valence-electron chi connectivity index (χ0n) is 80.8. The molecule has 0 saturated carbocycles. The summed E-state index contributed by atoms with van der Waals surface area (Å²) in [6.45, 7) is 2.00. The zero-order chi connectivity index (χ0) is 102. The summed E-state index contributed by atoms with van der Waals surface area (Å²) in [5, 5.41) is 85.9. The Morgan fingerprint density at radius 1 is 0.277 bits per heavy atom. The lowest BCUT2D eigenvalue weighted by Gasteiger charge is -2.23. The van der Waals surface area contributed by atoms with E-state index >= 15 is 0 Å². The Hall–Kier alpha value is -16.0. The minimum absolute atomic E-state index is 0.184. The summed E-state index contributed by atoms with van der Waals surface area (Å²) >= 11 is 0. The Kier molecular flexibility index (Phi) is 30.4. The van der Waals surface area contributed by atoms with Gasteiger partial charge in [0.1, 0.15) is 33.9 Å². The van der Waals surface area contributed by atoms with Gasteiger partial charge in [-0.1, -0.05) is 36.4 Å². The highest BCUT2D eigenvalue weighted by molar-refractivity contribution is 5.95. The van der Waals surface area contributed by atoms with Crippen molar-refractivity contribution in [1.29, 1.82) is 0 Å². The number of likely N-dealkylation sites (N-methyl/N-ethyl adjacent to an activating group) is 1. The minimum atomic E-state index is -1.42. The van der Waals surface area contributed by atoms with Crippen molar-refractivity contribution < 1.29 is 74.7 Å². The number of rotatable bonds is 13. The number of pyridine rings is 6. The molecule has 12 aromatic rings. The molecule has 0 radical (unpaired) electrons. The predicted molar refractivity (Wildman–Crippen MR) is 544 cm³/mol. The quantitative estimate of drug-likeness (QED) is 0.0510. The molecule has 7 heterocycles. The lowest BCUT2D eigenvalue weighted by atomic mass is 9.88. The molecule has 7 aliphatic rings. The van der Waals surface area contributed by atoms with Crippen molar-refractivity contribution in [1.82, 2.24) is 34.8 Å². The van der Waals surface area contributed by atoms with Gasteiger partial charge in [0.05, 0.1) is 34.2 Å². The predicted octanol–water partition coefficient (Wildman–Crippen LogP) is 13.3. The number of benzene rings is 6. The van der Waals surface area contributed by atoms with Crippen LogP contribution < -0.4 is 62.8 Å². The second-order valence-electron chi connectivity index (χ2n) is 37.5. The van der Waals surface area contributed by atoms with Gasteiger partial charge in [0.25, 0.3) is 33.4 Å². The SMILES string of the molecule is CN(C)C1CCN(c2ccc3c(c2)CCCc2c-3[nH]c(=O)c(C(=O)O)c2O)C1.CN(C)c1ccc2c(c1)CCCCc1c-2[nH]c(=O)c(C(=O)O)c1O.CN(C)c1ccc2c(c1)CCCCc1cc(C(=O)O)c(=O)[nH]c1-2.CN(C)c1ccc2c(c1)CCCc1c-2[nH]c(=O)c(C(=O)O)c1O.CN(C)c1ccc2c(c1)CCCc1cc(C(=O)O)c(=O)[nH]c1-2.CN(C)c1ccc2c(c1)CCc1cc(C(=O)O)c(=O)[nH]c1-2. The molecule has 34 heteroatoms. The summed E-state index contributed by atoms with van der Waals surface area (Å²) in [6.07, 6.45) is 16.4. The second-order valence-corrected chi connectivity index (χ2v) is 37.5. The number of H-pyrrole nitrogens is 6. The van der Waals surface area contributed by atoms with Crippen LogP contribution in [0.4, 0.5) is 34.1 Å². The number of carbonyl (C=O) groups is 6. The third-order valence-corrected chi connectivity index (χ3v) is 27.1. The number of hydrogen-bond acceptors (Lipinski definition) is 22. The molecule has 0 bridgehead atoms. The van der Waals surface area contributed by atoms with E-state index in [9.17, 15) is 83.1 Å². The van der Waals surface area contributed by atoms with Crippen molar-refractivity contribution >= 4 is 69.9 Å². The van der Waals surface area contributed by atoms with Gasteiger partial charge in [-0.15, -0.1) is 0 Å². The molecule has 1 aliphatic heterocycles. The number of anilines is 6. The van der Waals surface area contributed by atoms with Gasteiger partial charge in [-0.3, -0.25) is 28.8 Å². The number of hydrogen-bond donors (Lipinski definition) is 15. The van der Waals surface area contributed by atoms with E-state index in [1.807, 2.05) is 163 Å². The molecular formula is C107H117N13O21. The molecule has 34 nitrogen and oxygen atoms in total. The molecule has 1 unspecified atom stereocenters. The van der Waals surface area contributed by atoms with Crippen LogP contribution in [0.5, 0.6) is 17.2 Å². The fraction of sp³-hybridized carbons (Fsp3) is 0.327. The fourth-order valence-electron chi connectivity index (χ4n) is 19.5. The number of aromatic nitrogens is 6. The lowest BCUT2D eigenvalue weighted by molar-refractivity contribution is 0.0680. The summed E-state index contributed by atoms with van der Waals surface area (Å²) in [7, 11) is 24.0. The van der Waals surface area contributed by atoms with Gasteiger partial charge in [-0.05, 0) is 284 Å². The van der Waals surface area contributed by atoms with Crippen LogP contribution >= 0.6 is 0 Å². The first-order valence-corrected chi connectivity index (χ1v) is 46.8. The van der Waals surface area contributed by atoms with Crippen LogP contribution in [0.3, 0.4) is 0 Å². The van der Waals surface area contributed by atoms with Gasteiger partial charge in [0.2, 0.25) is 0 Å².